The molecule has 0 amide bonds. The summed E-state index contributed by atoms with van der Waals surface area (Å²) in [4.78, 5) is 5.73. The molecule has 1 N–H and O–H groups in total. The van der Waals surface area contributed by atoms with Gasteiger partial charge in [-0.15, -0.1) is 0 Å². The molecule has 21 heavy (non-hydrogen) atoms. The fraction of sp³-hybridized carbons (Fsp3) is 0.235. The highest BCUT2D eigenvalue weighted by atomic mass is 16.5. The fourth-order valence-corrected chi connectivity index (χ4v) is 2.98. The van der Waals surface area contributed by atoms with Crippen molar-refractivity contribution in [2.45, 2.75) is 13.0 Å². The average Bonchev–Trinajstić information content (AvgIpc) is 3.17. The quantitative estimate of drug-likeness (QED) is 0.798. The van der Waals surface area contributed by atoms with Gasteiger partial charge in [0.1, 0.15) is 0 Å². The second-order valence-electron chi connectivity index (χ2n) is 5.44. The lowest BCUT2D eigenvalue weighted by atomic mass is 9.99. The lowest BCUT2D eigenvalue weighted by Crippen LogP contribution is -2.27. The molecule has 1 aromatic carbocycles. The Morgan fingerprint density at radius 3 is 3.00 bits per heavy atom. The maximum Gasteiger partial charge on any atom is 0.150 e. The van der Waals surface area contributed by atoms with Crippen molar-refractivity contribution in [2.24, 2.45) is 0 Å². The third kappa shape index (κ3) is 2.38. The smallest absolute Gasteiger partial charge is 0.150 e. The van der Waals surface area contributed by atoms with Gasteiger partial charge in [0.15, 0.2) is 5.76 Å². The minimum absolute atomic E-state index is 0.831. The highest BCUT2D eigenvalue weighted by molar-refractivity contribution is 5.92. The summed E-state index contributed by atoms with van der Waals surface area (Å²) in [6, 6.07) is 10.4. The zero-order valence-corrected chi connectivity index (χ0v) is 11.7. The van der Waals surface area contributed by atoms with Gasteiger partial charge in [-0.25, -0.2) is 0 Å². The van der Waals surface area contributed by atoms with Crippen molar-refractivity contribution in [3.05, 3.63) is 60.1 Å². The Kier molecular flexibility index (Phi) is 3.09. The van der Waals surface area contributed by atoms with E-state index in [0.29, 0.717) is 0 Å². The molecule has 1 aliphatic rings. The monoisotopic (exact) mass is 279 g/mol. The third-order valence-electron chi connectivity index (χ3n) is 4.10. The molecule has 4 rings (SSSR count). The predicted molar refractivity (Wildman–Crippen MR) is 82.7 cm³/mol. The number of nitrogens with zero attached hydrogens (tertiary/aromatic N) is 2. The highest BCUT2D eigenvalue weighted by Gasteiger charge is 2.16. The minimum atomic E-state index is 0.831. The topological polar surface area (TPSA) is 45.1 Å². The van der Waals surface area contributed by atoms with Crippen LogP contribution in [0.25, 0.3) is 16.5 Å². The molecule has 4 nitrogen and oxygen atoms in total. The van der Waals surface area contributed by atoms with Crippen LogP contribution >= 0.6 is 0 Å². The molecule has 0 saturated carbocycles. The number of benzene rings is 1. The van der Waals surface area contributed by atoms with E-state index in [1.54, 1.807) is 6.20 Å². The lowest BCUT2D eigenvalue weighted by molar-refractivity contribution is 0.250. The standard InChI is InChI=1S/C17H17N3O/c1-2-4-17-15(3-1)16(11-18-17)13-6-9-20(10-7-13)12-14-5-8-19-21-14/h1-6,8,11,18H,7,9-10,12H2. The van der Waals surface area contributed by atoms with E-state index in [4.69, 9.17) is 4.52 Å². The van der Waals surface area contributed by atoms with Gasteiger partial charge in [-0.3, -0.25) is 4.90 Å². The lowest BCUT2D eigenvalue weighted by Gasteiger charge is -2.25. The molecular weight excluding hydrogens is 262 g/mol. The number of aromatic nitrogens is 2. The minimum Gasteiger partial charge on any atom is -0.361 e. The Morgan fingerprint density at radius 2 is 2.19 bits per heavy atom. The summed E-state index contributed by atoms with van der Waals surface area (Å²) < 4.78 is 5.18. The molecule has 0 bridgehead atoms. The molecule has 3 heterocycles. The third-order valence-corrected chi connectivity index (χ3v) is 4.10. The van der Waals surface area contributed by atoms with E-state index in [1.165, 1.54) is 22.0 Å². The van der Waals surface area contributed by atoms with E-state index < -0.39 is 0 Å². The molecule has 2 aromatic heterocycles. The number of aromatic amines is 1. The first kappa shape index (κ1) is 12.4. The largest absolute Gasteiger partial charge is 0.361 e. The molecule has 0 radical (unpaired) electrons. The summed E-state index contributed by atoms with van der Waals surface area (Å²) in [5, 5.41) is 5.07. The fourth-order valence-electron chi connectivity index (χ4n) is 2.98. The summed E-state index contributed by atoms with van der Waals surface area (Å²) in [5.41, 5.74) is 3.98. The van der Waals surface area contributed by atoms with E-state index in [1.807, 2.05) is 6.07 Å². The van der Waals surface area contributed by atoms with Crippen molar-refractivity contribution in [3.8, 4) is 0 Å². The molecule has 3 aromatic rings. The number of rotatable bonds is 3. The number of nitrogens with one attached hydrogen (secondary N) is 1. The summed E-state index contributed by atoms with van der Waals surface area (Å²) in [6.07, 6.45) is 7.22. The van der Waals surface area contributed by atoms with Gasteiger partial charge >= 0.3 is 0 Å². The molecule has 0 unspecified atom stereocenters. The van der Waals surface area contributed by atoms with Crippen molar-refractivity contribution in [1.82, 2.24) is 15.0 Å². The number of fused-ring (bicyclic) bond motifs is 1. The van der Waals surface area contributed by atoms with Crippen LogP contribution in [0.4, 0.5) is 0 Å². The molecule has 4 heteroatoms. The van der Waals surface area contributed by atoms with E-state index in [9.17, 15) is 0 Å². The van der Waals surface area contributed by atoms with Gasteiger partial charge in [0, 0.05) is 41.8 Å². The Hall–Kier alpha value is -2.33. The number of hydrogen-bond acceptors (Lipinski definition) is 3. The van der Waals surface area contributed by atoms with Crippen LogP contribution in [0.1, 0.15) is 17.7 Å². The Labute approximate surface area is 123 Å². The Bertz CT molecular complexity index is 770. The molecule has 0 spiro atoms. The van der Waals surface area contributed by atoms with E-state index in [-0.39, 0.29) is 0 Å². The molecule has 0 atom stereocenters. The number of H-pyrrole nitrogens is 1. The zero-order chi connectivity index (χ0) is 14.1. The molecule has 0 saturated heterocycles. The normalized spacial score (nSPS) is 16.3. The van der Waals surface area contributed by atoms with Crippen LogP contribution in [0.5, 0.6) is 0 Å². The van der Waals surface area contributed by atoms with Crippen molar-refractivity contribution >= 4 is 16.5 Å². The molecular formula is C17H17N3O. The first-order valence-corrected chi connectivity index (χ1v) is 7.27. The first-order valence-electron chi connectivity index (χ1n) is 7.27. The second kappa shape index (κ2) is 5.22. The van der Waals surface area contributed by atoms with Gasteiger partial charge in [0.05, 0.1) is 12.7 Å². The van der Waals surface area contributed by atoms with Crippen LogP contribution in [0.3, 0.4) is 0 Å². The van der Waals surface area contributed by atoms with Gasteiger partial charge in [-0.05, 0) is 18.1 Å². The van der Waals surface area contributed by atoms with Crippen molar-refractivity contribution in [3.63, 3.8) is 0 Å². The first-order chi connectivity index (χ1) is 10.4. The maximum absolute atomic E-state index is 5.18. The molecule has 106 valence electrons. The number of hydrogen-bond donors (Lipinski definition) is 1. The Morgan fingerprint density at radius 1 is 1.24 bits per heavy atom. The van der Waals surface area contributed by atoms with Crippen LogP contribution in [0.2, 0.25) is 0 Å². The van der Waals surface area contributed by atoms with Crippen LogP contribution in [0.15, 0.2) is 53.3 Å². The van der Waals surface area contributed by atoms with Crippen molar-refractivity contribution in [1.29, 1.82) is 0 Å². The Balaban J connectivity index is 1.54. The zero-order valence-electron chi connectivity index (χ0n) is 11.7. The van der Waals surface area contributed by atoms with Gasteiger partial charge in [-0.1, -0.05) is 29.4 Å². The van der Waals surface area contributed by atoms with Crippen LogP contribution in [-0.2, 0) is 6.54 Å². The van der Waals surface area contributed by atoms with E-state index in [2.05, 4.69) is 51.6 Å². The summed E-state index contributed by atoms with van der Waals surface area (Å²) in [7, 11) is 0. The maximum atomic E-state index is 5.18. The van der Waals surface area contributed by atoms with E-state index in [0.717, 1.165) is 31.8 Å². The van der Waals surface area contributed by atoms with Gasteiger partial charge in [0.25, 0.3) is 0 Å². The highest BCUT2D eigenvalue weighted by Crippen LogP contribution is 2.29. The van der Waals surface area contributed by atoms with Crippen molar-refractivity contribution < 1.29 is 4.52 Å². The van der Waals surface area contributed by atoms with Crippen LogP contribution in [-0.4, -0.2) is 28.1 Å². The molecule has 0 fully saturated rings. The average molecular weight is 279 g/mol. The van der Waals surface area contributed by atoms with Gasteiger partial charge in [0.2, 0.25) is 0 Å². The van der Waals surface area contributed by atoms with Gasteiger partial charge in [-0.2, -0.15) is 0 Å². The SMILES string of the molecule is C1=C(c2c[nH]c3ccccc23)CCN(Cc2ccno2)C1. The van der Waals surface area contributed by atoms with Crippen molar-refractivity contribution in [2.75, 3.05) is 13.1 Å². The van der Waals surface area contributed by atoms with Crippen LogP contribution < -0.4 is 0 Å². The van der Waals surface area contributed by atoms with Gasteiger partial charge < -0.3 is 9.51 Å². The second-order valence-corrected chi connectivity index (χ2v) is 5.44. The molecule has 1 aliphatic heterocycles. The predicted octanol–water partition coefficient (Wildman–Crippen LogP) is 3.45. The summed E-state index contributed by atoms with van der Waals surface area (Å²) in [5.74, 6) is 0.930. The molecule has 0 aliphatic carbocycles. The number of para-hydroxylation sites is 1. The summed E-state index contributed by atoms with van der Waals surface area (Å²) >= 11 is 0. The summed E-state index contributed by atoms with van der Waals surface area (Å²) in [6.45, 7) is 2.83. The van der Waals surface area contributed by atoms with E-state index >= 15 is 0 Å². The van der Waals surface area contributed by atoms with Crippen LogP contribution in [0, 0.1) is 0 Å².